The second kappa shape index (κ2) is 9.94. The van der Waals surface area contributed by atoms with Gasteiger partial charge in [-0.1, -0.05) is 0 Å². The summed E-state index contributed by atoms with van der Waals surface area (Å²) >= 11 is 0. The SMILES string of the molecule is CCO[C@]1(C(F)(F)F)CC[C@@H](NC(=O)[C@H]2CCN(C(=O)c3cc(-c4cc(C)ncn4)[nH]n3)C3(CC3)C2)CC1. The lowest BCUT2D eigenvalue weighted by Gasteiger charge is -2.42. The van der Waals surface area contributed by atoms with Gasteiger partial charge in [-0.05, 0) is 77.3 Å². The average molecular weight is 535 g/mol. The Morgan fingerprint density at radius 2 is 1.89 bits per heavy atom. The maximum absolute atomic E-state index is 13.6. The number of aromatic nitrogens is 4. The fourth-order valence-corrected chi connectivity index (χ4v) is 5.99. The molecule has 3 aliphatic rings. The first-order chi connectivity index (χ1) is 18.1. The van der Waals surface area contributed by atoms with Crippen LogP contribution < -0.4 is 5.32 Å². The van der Waals surface area contributed by atoms with Crippen LogP contribution in [0, 0.1) is 12.8 Å². The van der Waals surface area contributed by atoms with Gasteiger partial charge in [0.1, 0.15) is 6.33 Å². The van der Waals surface area contributed by atoms with Crippen LogP contribution in [0.5, 0.6) is 0 Å². The molecule has 1 spiro atoms. The zero-order chi connectivity index (χ0) is 27.1. The van der Waals surface area contributed by atoms with Crippen molar-refractivity contribution in [2.45, 2.75) is 88.6 Å². The van der Waals surface area contributed by atoms with E-state index >= 15 is 0 Å². The minimum Gasteiger partial charge on any atom is -0.366 e. The highest BCUT2D eigenvalue weighted by Crippen LogP contribution is 2.51. The summed E-state index contributed by atoms with van der Waals surface area (Å²) in [6, 6.07) is 3.19. The topological polar surface area (TPSA) is 113 Å². The molecule has 1 aliphatic heterocycles. The Morgan fingerprint density at radius 3 is 2.53 bits per heavy atom. The first kappa shape index (κ1) is 26.6. The lowest BCUT2D eigenvalue weighted by atomic mass is 9.80. The Labute approximate surface area is 218 Å². The normalized spacial score (nSPS) is 26.8. The summed E-state index contributed by atoms with van der Waals surface area (Å²) in [6.45, 7) is 3.85. The van der Waals surface area contributed by atoms with E-state index in [4.69, 9.17) is 4.74 Å². The number of hydrogen-bond acceptors (Lipinski definition) is 6. The molecule has 2 N–H and O–H groups in total. The van der Waals surface area contributed by atoms with Gasteiger partial charge in [0.05, 0.1) is 11.4 Å². The summed E-state index contributed by atoms with van der Waals surface area (Å²) in [5, 5.41) is 10.1. The van der Waals surface area contributed by atoms with E-state index in [1.165, 1.54) is 6.33 Å². The molecule has 3 heterocycles. The first-order valence-corrected chi connectivity index (χ1v) is 13.2. The number of nitrogens with zero attached hydrogens (tertiary/aromatic N) is 4. The van der Waals surface area contributed by atoms with E-state index in [1.807, 2.05) is 11.8 Å². The maximum Gasteiger partial charge on any atom is 0.417 e. The molecule has 38 heavy (non-hydrogen) atoms. The summed E-state index contributed by atoms with van der Waals surface area (Å²) in [4.78, 5) is 36.6. The number of ether oxygens (including phenoxy) is 1. The molecule has 5 rings (SSSR count). The third-order valence-corrected chi connectivity index (χ3v) is 8.30. The monoisotopic (exact) mass is 534 g/mol. The second-order valence-corrected chi connectivity index (χ2v) is 10.8. The molecule has 9 nitrogen and oxygen atoms in total. The largest absolute Gasteiger partial charge is 0.417 e. The van der Waals surface area contributed by atoms with Crippen LogP contribution in [0.1, 0.15) is 74.5 Å². The number of nitrogens with one attached hydrogen (secondary N) is 2. The van der Waals surface area contributed by atoms with Crippen LogP contribution in [0.25, 0.3) is 11.4 Å². The van der Waals surface area contributed by atoms with Crippen molar-refractivity contribution in [2.75, 3.05) is 13.2 Å². The van der Waals surface area contributed by atoms with Crippen molar-refractivity contribution >= 4 is 11.8 Å². The van der Waals surface area contributed by atoms with E-state index in [-0.39, 0.29) is 61.6 Å². The number of alkyl halides is 3. The van der Waals surface area contributed by atoms with Gasteiger partial charge < -0.3 is 15.0 Å². The highest BCUT2D eigenvalue weighted by molar-refractivity contribution is 5.94. The molecule has 0 aromatic carbocycles. The zero-order valence-electron chi connectivity index (χ0n) is 21.6. The number of likely N-dealkylation sites (tertiary alicyclic amines) is 1. The Hall–Kier alpha value is -3.02. The van der Waals surface area contributed by atoms with Crippen LogP contribution in [-0.2, 0) is 9.53 Å². The summed E-state index contributed by atoms with van der Waals surface area (Å²) in [7, 11) is 0. The fourth-order valence-electron chi connectivity index (χ4n) is 5.99. The number of halogens is 3. The van der Waals surface area contributed by atoms with Crippen molar-refractivity contribution < 1.29 is 27.5 Å². The van der Waals surface area contributed by atoms with Crippen LogP contribution in [0.3, 0.4) is 0 Å². The van der Waals surface area contributed by atoms with Crippen LogP contribution in [0.4, 0.5) is 13.2 Å². The van der Waals surface area contributed by atoms with Gasteiger partial charge in [-0.2, -0.15) is 18.3 Å². The predicted molar refractivity (Wildman–Crippen MR) is 131 cm³/mol. The first-order valence-electron chi connectivity index (χ1n) is 13.2. The van der Waals surface area contributed by atoms with Crippen LogP contribution in [-0.4, -0.2) is 73.4 Å². The van der Waals surface area contributed by atoms with E-state index in [2.05, 4.69) is 25.5 Å². The molecule has 3 fully saturated rings. The quantitative estimate of drug-likeness (QED) is 0.580. The molecule has 206 valence electrons. The number of hydrogen-bond donors (Lipinski definition) is 2. The van der Waals surface area contributed by atoms with Crippen LogP contribution >= 0.6 is 0 Å². The van der Waals surface area contributed by atoms with Gasteiger partial charge in [0.2, 0.25) is 5.91 Å². The molecule has 0 radical (unpaired) electrons. The van der Waals surface area contributed by atoms with Crippen molar-refractivity contribution in [3.05, 3.63) is 29.8 Å². The Morgan fingerprint density at radius 1 is 1.16 bits per heavy atom. The van der Waals surface area contributed by atoms with Gasteiger partial charge >= 0.3 is 6.18 Å². The van der Waals surface area contributed by atoms with E-state index in [0.29, 0.717) is 36.5 Å². The summed E-state index contributed by atoms with van der Waals surface area (Å²) in [5.41, 5.74) is -0.103. The molecule has 0 unspecified atom stereocenters. The number of carbonyl (C=O) groups excluding carboxylic acids is 2. The Balaban J connectivity index is 1.18. The van der Waals surface area contributed by atoms with Gasteiger partial charge in [-0.3, -0.25) is 14.7 Å². The smallest absolute Gasteiger partial charge is 0.366 e. The van der Waals surface area contributed by atoms with Gasteiger partial charge in [0.15, 0.2) is 11.3 Å². The van der Waals surface area contributed by atoms with Gasteiger partial charge in [-0.15, -0.1) is 0 Å². The minimum atomic E-state index is -4.43. The summed E-state index contributed by atoms with van der Waals surface area (Å²) in [6.07, 6.45) is -0.168. The predicted octanol–water partition coefficient (Wildman–Crippen LogP) is 3.96. The van der Waals surface area contributed by atoms with Crippen molar-refractivity contribution in [1.82, 2.24) is 30.4 Å². The molecule has 2 amide bonds. The van der Waals surface area contributed by atoms with E-state index in [9.17, 15) is 22.8 Å². The number of aromatic amines is 1. The van der Waals surface area contributed by atoms with E-state index in [0.717, 1.165) is 18.5 Å². The lowest BCUT2D eigenvalue weighted by Crippen LogP contribution is -2.55. The molecule has 2 aliphatic carbocycles. The second-order valence-electron chi connectivity index (χ2n) is 10.8. The maximum atomic E-state index is 13.6. The number of amides is 2. The van der Waals surface area contributed by atoms with Gasteiger partial charge in [0.25, 0.3) is 5.91 Å². The van der Waals surface area contributed by atoms with Crippen molar-refractivity contribution in [1.29, 1.82) is 0 Å². The highest BCUT2D eigenvalue weighted by Gasteiger charge is 2.57. The summed E-state index contributed by atoms with van der Waals surface area (Å²) in [5.74, 6) is -0.590. The number of aryl methyl sites for hydroxylation is 1. The van der Waals surface area contributed by atoms with Crippen molar-refractivity contribution in [3.63, 3.8) is 0 Å². The van der Waals surface area contributed by atoms with E-state index < -0.39 is 11.8 Å². The Bertz CT molecular complexity index is 1190. The molecule has 2 aromatic heterocycles. The molecule has 1 atom stereocenters. The molecule has 2 aromatic rings. The molecular weight excluding hydrogens is 501 g/mol. The number of carbonyl (C=O) groups is 2. The lowest BCUT2D eigenvalue weighted by molar-refractivity contribution is -0.287. The molecule has 2 saturated carbocycles. The molecule has 12 heteroatoms. The average Bonchev–Trinajstić information content (AvgIpc) is 3.45. The highest BCUT2D eigenvalue weighted by atomic mass is 19.4. The molecular formula is C26H33F3N6O3. The van der Waals surface area contributed by atoms with Gasteiger partial charge in [0, 0.05) is 36.3 Å². The van der Waals surface area contributed by atoms with Crippen molar-refractivity contribution in [3.8, 4) is 11.4 Å². The number of piperidine rings is 1. The molecule has 0 bridgehead atoms. The zero-order valence-corrected chi connectivity index (χ0v) is 21.6. The third kappa shape index (κ3) is 5.02. The van der Waals surface area contributed by atoms with E-state index in [1.54, 1.807) is 19.1 Å². The van der Waals surface area contributed by atoms with Crippen LogP contribution in [0.2, 0.25) is 0 Å². The van der Waals surface area contributed by atoms with Crippen molar-refractivity contribution in [2.24, 2.45) is 5.92 Å². The Kier molecular flexibility index (Phi) is 6.95. The van der Waals surface area contributed by atoms with Gasteiger partial charge in [-0.25, -0.2) is 9.97 Å². The fraction of sp³-hybridized carbons (Fsp3) is 0.654. The molecule has 1 saturated heterocycles. The van der Waals surface area contributed by atoms with Crippen LogP contribution in [0.15, 0.2) is 18.5 Å². The minimum absolute atomic E-state index is 0.00417. The number of rotatable bonds is 6. The standard InChI is InChI=1S/C26H33F3N6O3/c1-3-38-25(26(27,28)29)7-4-18(5-8-25)32-22(36)17-6-11-35(24(14-17)9-10-24)23(37)21-13-20(33-34-21)19-12-16(2)30-15-31-19/h12-13,15,17-18H,3-11,14H2,1-2H3,(H,32,36)(H,33,34)/t17-,18-,25-/m0/s1. The summed E-state index contributed by atoms with van der Waals surface area (Å²) < 4.78 is 46.0. The third-order valence-electron chi connectivity index (χ3n) is 8.30. The number of H-pyrrole nitrogens is 1.